The average Bonchev–Trinajstić information content (AvgIpc) is 3.11. The average molecular weight is 414 g/mol. The molecule has 7 heteroatoms. The van der Waals surface area contributed by atoms with E-state index in [1.807, 2.05) is 28.8 Å². The monoisotopic (exact) mass is 413 g/mol. The molecule has 2 aromatic carbocycles. The van der Waals surface area contributed by atoms with Gasteiger partial charge in [-0.1, -0.05) is 23.7 Å². The molecule has 3 rings (SSSR count). The summed E-state index contributed by atoms with van der Waals surface area (Å²) in [5.74, 6) is -1.13. The third-order valence-corrected chi connectivity index (χ3v) is 5.06. The van der Waals surface area contributed by atoms with E-state index >= 15 is 0 Å². The highest BCUT2D eigenvalue weighted by Crippen LogP contribution is 2.20. The van der Waals surface area contributed by atoms with E-state index in [1.165, 1.54) is 0 Å². The largest absolute Gasteiger partial charge is 0.481 e. The maximum Gasteiger partial charge on any atom is 0.305 e. The van der Waals surface area contributed by atoms with Gasteiger partial charge < -0.3 is 14.6 Å². The molecule has 0 unspecified atom stereocenters. The highest BCUT2D eigenvalue weighted by Gasteiger charge is 2.18. The van der Waals surface area contributed by atoms with E-state index in [0.717, 1.165) is 16.6 Å². The zero-order valence-electron chi connectivity index (χ0n) is 16.5. The molecule has 0 saturated carbocycles. The number of carbonyl (C=O) groups is 2. The number of benzene rings is 2. The van der Waals surface area contributed by atoms with Crippen LogP contribution in [-0.4, -0.2) is 44.5 Å². The lowest BCUT2D eigenvalue weighted by atomic mass is 10.1. The minimum atomic E-state index is -0.934. The molecule has 1 amide bonds. The van der Waals surface area contributed by atoms with E-state index in [1.54, 1.807) is 29.4 Å². The van der Waals surface area contributed by atoms with E-state index in [9.17, 15) is 9.59 Å². The maximum atomic E-state index is 13.1. The summed E-state index contributed by atoms with van der Waals surface area (Å²) in [5.41, 5.74) is 3.21. The molecule has 0 atom stereocenters. The lowest BCUT2D eigenvalue weighted by molar-refractivity contribution is -0.137. The van der Waals surface area contributed by atoms with Gasteiger partial charge in [0.1, 0.15) is 0 Å². The first-order valence-corrected chi connectivity index (χ1v) is 9.95. The van der Waals surface area contributed by atoms with Crippen LogP contribution in [0, 0.1) is 0 Å². The summed E-state index contributed by atoms with van der Waals surface area (Å²) in [7, 11) is 0. The van der Waals surface area contributed by atoms with Gasteiger partial charge in [0.2, 0.25) is 0 Å². The van der Waals surface area contributed by atoms with Crippen molar-refractivity contribution in [2.24, 2.45) is 0 Å². The summed E-state index contributed by atoms with van der Waals surface area (Å²) in [6.45, 7) is 4.70. The number of hydrogen-bond acceptors (Lipinski definition) is 3. The topological polar surface area (TPSA) is 75.4 Å². The summed E-state index contributed by atoms with van der Waals surface area (Å²) in [4.78, 5) is 30.1. The van der Waals surface area contributed by atoms with E-state index in [0.29, 0.717) is 23.6 Å². The number of carbonyl (C=O) groups excluding carboxylic acids is 1. The fourth-order valence-electron chi connectivity index (χ4n) is 3.26. The lowest BCUT2D eigenvalue weighted by Crippen LogP contribution is -2.34. The van der Waals surface area contributed by atoms with Crippen molar-refractivity contribution in [3.8, 4) is 0 Å². The van der Waals surface area contributed by atoms with Crippen LogP contribution in [0.4, 0.5) is 0 Å². The molecule has 0 saturated heterocycles. The van der Waals surface area contributed by atoms with Gasteiger partial charge in [0.15, 0.2) is 0 Å². The van der Waals surface area contributed by atoms with Crippen LogP contribution in [0.3, 0.4) is 0 Å². The van der Waals surface area contributed by atoms with Gasteiger partial charge in [-0.05, 0) is 56.2 Å². The Bertz CT molecular complexity index is 1030. The number of carboxylic acid groups (broad SMARTS) is 1. The van der Waals surface area contributed by atoms with E-state index in [-0.39, 0.29) is 24.9 Å². The van der Waals surface area contributed by atoms with Crippen molar-refractivity contribution < 1.29 is 14.7 Å². The molecule has 0 aliphatic heterocycles. The van der Waals surface area contributed by atoms with Crippen molar-refractivity contribution >= 4 is 34.5 Å². The van der Waals surface area contributed by atoms with Crippen LogP contribution in [-0.2, 0) is 11.2 Å². The van der Waals surface area contributed by atoms with Gasteiger partial charge in [0, 0.05) is 29.7 Å². The zero-order chi connectivity index (χ0) is 21.0. The molecular formula is C22H24ClN3O3. The number of hydrogen-bond donors (Lipinski definition) is 1. The quantitative estimate of drug-likeness (QED) is 0.592. The van der Waals surface area contributed by atoms with Gasteiger partial charge in [0.25, 0.3) is 5.91 Å². The second-order valence-corrected chi connectivity index (χ2v) is 7.70. The van der Waals surface area contributed by atoms with Crippen LogP contribution in [0.25, 0.3) is 11.0 Å². The van der Waals surface area contributed by atoms with Crippen LogP contribution < -0.4 is 0 Å². The summed E-state index contributed by atoms with van der Waals surface area (Å²) < 4.78 is 2.05. The normalized spacial score (nSPS) is 11.2. The van der Waals surface area contributed by atoms with Crippen LogP contribution in [0.15, 0.2) is 48.8 Å². The molecule has 0 aliphatic carbocycles. The van der Waals surface area contributed by atoms with Crippen LogP contribution in [0.2, 0.25) is 5.02 Å². The number of imidazole rings is 1. The predicted octanol–water partition coefficient (Wildman–Crippen LogP) is 4.43. The SMILES string of the molecule is CC(C)n1cnc2cc(C(=O)N(CCC(=O)O)CCc3cccc(Cl)c3)ccc21. The second-order valence-electron chi connectivity index (χ2n) is 7.26. The van der Waals surface area contributed by atoms with Crippen molar-refractivity contribution in [3.05, 3.63) is 64.9 Å². The Morgan fingerprint density at radius 1 is 1.17 bits per heavy atom. The highest BCUT2D eigenvalue weighted by atomic mass is 35.5. The first-order valence-electron chi connectivity index (χ1n) is 9.57. The summed E-state index contributed by atoms with van der Waals surface area (Å²) in [6, 6.07) is 13.2. The Morgan fingerprint density at radius 3 is 2.66 bits per heavy atom. The zero-order valence-corrected chi connectivity index (χ0v) is 17.3. The van der Waals surface area contributed by atoms with Gasteiger partial charge in [-0.3, -0.25) is 9.59 Å². The number of amides is 1. The number of halogens is 1. The Balaban J connectivity index is 1.81. The Labute approximate surface area is 174 Å². The summed E-state index contributed by atoms with van der Waals surface area (Å²) in [6.07, 6.45) is 2.26. The Morgan fingerprint density at radius 2 is 1.97 bits per heavy atom. The molecule has 1 aromatic heterocycles. The molecule has 3 aromatic rings. The number of fused-ring (bicyclic) bond motifs is 1. The van der Waals surface area contributed by atoms with E-state index in [2.05, 4.69) is 18.8 Å². The predicted molar refractivity (Wildman–Crippen MR) is 113 cm³/mol. The molecule has 0 radical (unpaired) electrons. The Hall–Kier alpha value is -2.86. The van der Waals surface area contributed by atoms with Crippen LogP contribution in [0.1, 0.15) is 42.2 Å². The number of rotatable bonds is 8. The van der Waals surface area contributed by atoms with Crippen molar-refractivity contribution in [3.63, 3.8) is 0 Å². The van der Waals surface area contributed by atoms with Gasteiger partial charge in [-0.2, -0.15) is 0 Å². The number of nitrogens with zero attached hydrogens (tertiary/aromatic N) is 3. The fourth-order valence-corrected chi connectivity index (χ4v) is 3.47. The molecule has 0 aliphatic rings. The van der Waals surface area contributed by atoms with E-state index in [4.69, 9.17) is 16.7 Å². The minimum absolute atomic E-state index is 0.106. The first kappa shape index (κ1) is 20.9. The van der Waals surface area contributed by atoms with Gasteiger partial charge in [0.05, 0.1) is 23.8 Å². The maximum absolute atomic E-state index is 13.1. The van der Waals surface area contributed by atoms with Crippen molar-refractivity contribution in [1.82, 2.24) is 14.5 Å². The van der Waals surface area contributed by atoms with Crippen LogP contribution >= 0.6 is 11.6 Å². The molecule has 0 fully saturated rings. The summed E-state index contributed by atoms with van der Waals surface area (Å²) in [5, 5.41) is 9.70. The third-order valence-electron chi connectivity index (χ3n) is 4.82. The van der Waals surface area contributed by atoms with E-state index < -0.39 is 5.97 Å². The summed E-state index contributed by atoms with van der Waals surface area (Å²) >= 11 is 6.03. The van der Waals surface area contributed by atoms with Gasteiger partial charge in [-0.15, -0.1) is 0 Å². The molecule has 1 heterocycles. The second kappa shape index (κ2) is 9.09. The standard InChI is InChI=1S/C22H24ClN3O3/c1-15(2)26-14-24-19-13-17(6-7-20(19)26)22(29)25(11-9-21(27)28)10-8-16-4-3-5-18(23)12-16/h3-7,12-15H,8-11H2,1-2H3,(H,27,28). The third kappa shape index (κ3) is 5.15. The molecule has 152 valence electrons. The first-order chi connectivity index (χ1) is 13.8. The molecule has 1 N–H and O–H groups in total. The minimum Gasteiger partial charge on any atom is -0.481 e. The smallest absolute Gasteiger partial charge is 0.305 e. The Kier molecular flexibility index (Phi) is 6.54. The highest BCUT2D eigenvalue weighted by molar-refractivity contribution is 6.30. The van der Waals surface area contributed by atoms with Gasteiger partial charge in [-0.25, -0.2) is 4.98 Å². The number of aromatic nitrogens is 2. The van der Waals surface area contributed by atoms with Crippen molar-refractivity contribution in [1.29, 1.82) is 0 Å². The van der Waals surface area contributed by atoms with Crippen molar-refractivity contribution in [2.45, 2.75) is 32.7 Å². The fraction of sp³-hybridized carbons (Fsp3) is 0.318. The molecule has 0 spiro atoms. The molecular weight excluding hydrogens is 390 g/mol. The number of aliphatic carboxylic acids is 1. The number of carboxylic acids is 1. The van der Waals surface area contributed by atoms with Crippen LogP contribution in [0.5, 0.6) is 0 Å². The molecule has 29 heavy (non-hydrogen) atoms. The lowest BCUT2D eigenvalue weighted by Gasteiger charge is -2.22. The van der Waals surface area contributed by atoms with Gasteiger partial charge >= 0.3 is 5.97 Å². The molecule has 6 nitrogen and oxygen atoms in total. The molecule has 0 bridgehead atoms. The van der Waals surface area contributed by atoms with Crippen molar-refractivity contribution in [2.75, 3.05) is 13.1 Å².